The van der Waals surface area contributed by atoms with Crippen molar-refractivity contribution in [2.24, 2.45) is 38.8 Å². The molecule has 9 amide bonds. The molecule has 2 aromatic rings. The monoisotopic (exact) mass is 1310 g/mol. The number of amides is 9. The van der Waals surface area contributed by atoms with E-state index in [9.17, 15) is 71.9 Å². The Labute approximate surface area is 536 Å². The number of nitrogens with two attached hydrogens (primary N) is 4. The SMILES string of the molecule is CNC(=O)[C@H](NC(=O)[C@H](NC(=O)[C@@H](NC(=O)[C@H](C)NC(=O)[C@@H](NC(=O)[C@H](C)NC(=O)[C@@H](NC(=O)[C@H](NC(C)=O)N[C@@H](C=O)CCCN=C(N)N)N[C@@H](C=O)Cc1c[nH]c2ccccc12)N[C@@H](C)C=O)N[C@@H](C)C=O)N[C@@H](C=O)CC(C)C)N[C@@H](C=O)CCCN=C(N)N. The molecule has 93 heavy (non-hydrogen) atoms. The number of guanidine groups is 2. The molecule has 0 unspecified atom stereocenters. The number of benzene rings is 1. The summed E-state index contributed by atoms with van der Waals surface area (Å²) in [5.74, 6) is -10.1. The molecule has 0 radical (unpaired) electrons. The lowest BCUT2D eigenvalue weighted by atomic mass is 10.0. The molecule has 0 bridgehead atoms. The zero-order valence-electron chi connectivity index (χ0n) is 53.0. The van der Waals surface area contributed by atoms with E-state index in [0.717, 1.165) is 31.7 Å². The van der Waals surface area contributed by atoms with Gasteiger partial charge in [0.1, 0.15) is 49.8 Å². The average Bonchev–Trinajstić information content (AvgIpc) is 1.81. The van der Waals surface area contributed by atoms with Gasteiger partial charge in [0, 0.05) is 44.2 Å². The van der Waals surface area contributed by atoms with Crippen molar-refractivity contribution in [2.45, 2.75) is 172 Å². The van der Waals surface area contributed by atoms with Gasteiger partial charge in [0.05, 0.1) is 36.3 Å². The number of nitrogens with zero attached hydrogens (tertiary/aromatic N) is 2. The van der Waals surface area contributed by atoms with Crippen LogP contribution in [0.5, 0.6) is 0 Å². The predicted octanol–water partition coefficient (Wildman–Crippen LogP) is -8.72. The number of nitrogens with one attached hydrogen (secondary N) is 16. The number of aldehydes is 6. The maximum absolute atomic E-state index is 14.3. The Morgan fingerprint density at radius 1 is 0.462 bits per heavy atom. The Balaban J connectivity index is 2.46. The molecule has 514 valence electrons. The highest BCUT2D eigenvalue weighted by molar-refractivity contribution is 5.98. The number of aromatic nitrogens is 1. The number of para-hydroxylation sites is 1. The molecule has 0 fully saturated rings. The molecular weight excluding hydrogens is 1220 g/mol. The third kappa shape index (κ3) is 29.4. The van der Waals surface area contributed by atoms with Gasteiger partial charge in [-0.15, -0.1) is 0 Å². The highest BCUT2D eigenvalue weighted by atomic mass is 16.2. The Morgan fingerprint density at radius 3 is 1.22 bits per heavy atom. The van der Waals surface area contributed by atoms with Crippen molar-refractivity contribution in [3.8, 4) is 0 Å². The highest BCUT2D eigenvalue weighted by Gasteiger charge is 2.36. The van der Waals surface area contributed by atoms with Crippen LogP contribution in [-0.2, 0) is 78.3 Å². The van der Waals surface area contributed by atoms with Crippen molar-refractivity contribution < 1.29 is 71.9 Å². The van der Waals surface area contributed by atoms with Crippen molar-refractivity contribution in [1.82, 2.24) is 84.7 Å². The van der Waals surface area contributed by atoms with Crippen LogP contribution in [0.15, 0.2) is 40.4 Å². The second-order valence-electron chi connectivity index (χ2n) is 21.8. The summed E-state index contributed by atoms with van der Waals surface area (Å²) in [7, 11) is 1.24. The number of aliphatic imine (C=N–C) groups is 2. The summed E-state index contributed by atoms with van der Waals surface area (Å²) in [6, 6.07) is -2.92. The smallest absolute Gasteiger partial charge is 0.259 e. The quantitative estimate of drug-likeness (QED) is 0.00962. The predicted molar refractivity (Wildman–Crippen MR) is 337 cm³/mol. The van der Waals surface area contributed by atoms with Gasteiger partial charge < -0.3 is 105 Å². The zero-order valence-corrected chi connectivity index (χ0v) is 53.0. The molecule has 14 atom stereocenters. The summed E-state index contributed by atoms with van der Waals surface area (Å²) in [6.45, 7) is 9.75. The minimum absolute atomic E-state index is 0.0504. The van der Waals surface area contributed by atoms with Crippen LogP contribution in [0.25, 0.3) is 10.9 Å². The van der Waals surface area contributed by atoms with Gasteiger partial charge in [-0.1, -0.05) is 32.0 Å². The maximum atomic E-state index is 14.3. The summed E-state index contributed by atoms with van der Waals surface area (Å²) < 4.78 is 0. The summed E-state index contributed by atoms with van der Waals surface area (Å²) in [4.78, 5) is 208. The Bertz CT molecular complexity index is 2940. The third-order valence-corrected chi connectivity index (χ3v) is 13.3. The third-order valence-electron chi connectivity index (χ3n) is 13.3. The number of carbonyl (C=O) groups is 15. The van der Waals surface area contributed by atoms with Crippen molar-refractivity contribution in [3.05, 3.63) is 36.0 Å². The van der Waals surface area contributed by atoms with E-state index in [0.29, 0.717) is 43.3 Å². The second-order valence-corrected chi connectivity index (χ2v) is 21.8. The number of rotatable bonds is 46. The Kier molecular flexibility index (Phi) is 35.6. The minimum atomic E-state index is -1.91. The van der Waals surface area contributed by atoms with Crippen LogP contribution in [0.4, 0.5) is 0 Å². The first-order valence-electron chi connectivity index (χ1n) is 29.6. The standard InChI is InChI=1S/C56H90N22O15/c1-28(2)19-37(26-83)72-46(54(93)76-41(49(88)61-8)70-35(24-81)13-11-17-62-55(57)58)78-52(91)43(66-30(4)23-80)75-48(87)31(5)67-50(89)42(65-29(3)22-79)74-47(86)32(6)68-51(90)45(73-38(27-84)20-34-21-64-40-16-10-9-15-39(34)40)77-53(92)44(69-33(7)85)71-36(25-82)14-12-18-63-56(59)60/h9-10,15-16,21-32,35-38,41-46,64-66,70-73H,11-14,17-20H2,1-8H3,(H,61,88)(H,67,89)(H,68,90)(H,69,85)(H,74,86)(H,75,87)(H,76,93)(H,77,92)(H,78,91)(H4,57,58,62)(H4,59,60,63)/t29-,30-,31-,32-,35+,36+,37+,38+,41-,42+,43+,44+,45+,46-/m0/s1. The van der Waals surface area contributed by atoms with Crippen molar-refractivity contribution in [3.63, 3.8) is 0 Å². The van der Waals surface area contributed by atoms with Crippen LogP contribution >= 0.6 is 0 Å². The van der Waals surface area contributed by atoms with Crippen molar-refractivity contribution in [2.75, 3.05) is 20.1 Å². The topological polar surface area (TPSA) is 581 Å². The van der Waals surface area contributed by atoms with Gasteiger partial charge in [-0.05, 0) is 83.8 Å². The molecule has 0 aliphatic rings. The largest absolute Gasteiger partial charge is 0.370 e. The van der Waals surface area contributed by atoms with E-state index in [1.165, 1.54) is 20.9 Å². The first kappa shape index (κ1) is 79.4. The van der Waals surface area contributed by atoms with Crippen LogP contribution in [0.3, 0.4) is 0 Å². The average molecular weight is 1310 g/mol. The summed E-state index contributed by atoms with van der Waals surface area (Å²) in [5, 5.41) is 37.8. The molecule has 37 heteroatoms. The van der Waals surface area contributed by atoms with Crippen LogP contribution in [0, 0.1) is 5.92 Å². The fourth-order valence-electron chi connectivity index (χ4n) is 8.62. The lowest BCUT2D eigenvalue weighted by molar-refractivity contribution is -0.137. The van der Waals surface area contributed by atoms with E-state index in [4.69, 9.17) is 22.9 Å². The fraction of sp³-hybridized carbons (Fsp3) is 0.554. The summed E-state index contributed by atoms with van der Waals surface area (Å²) in [6.07, 6.45) is -5.84. The molecule has 0 saturated carbocycles. The van der Waals surface area contributed by atoms with Gasteiger partial charge in [0.25, 0.3) is 35.4 Å². The Morgan fingerprint density at radius 2 is 0.828 bits per heavy atom. The maximum Gasteiger partial charge on any atom is 0.259 e. The molecular formula is C56H90N22O15. The van der Waals surface area contributed by atoms with Gasteiger partial charge >= 0.3 is 0 Å². The molecule has 37 nitrogen and oxygen atoms in total. The molecule has 1 heterocycles. The second kappa shape index (κ2) is 41.6. The molecule has 0 spiro atoms. The molecule has 2 rings (SSSR count). The van der Waals surface area contributed by atoms with Gasteiger partial charge in [-0.2, -0.15) is 0 Å². The van der Waals surface area contributed by atoms with Gasteiger partial charge in [-0.25, -0.2) is 0 Å². The number of aromatic amines is 1. The molecule has 1 aromatic carbocycles. The first-order chi connectivity index (χ1) is 44.0. The molecule has 24 N–H and O–H groups in total. The highest BCUT2D eigenvalue weighted by Crippen LogP contribution is 2.19. The van der Waals surface area contributed by atoms with E-state index in [-0.39, 0.29) is 69.5 Å². The molecule has 0 aliphatic carbocycles. The number of fused-ring (bicyclic) bond motifs is 1. The van der Waals surface area contributed by atoms with Gasteiger partial charge in [-0.3, -0.25) is 85.0 Å². The van der Waals surface area contributed by atoms with E-state index in [1.54, 1.807) is 44.3 Å². The first-order valence-corrected chi connectivity index (χ1v) is 29.6. The number of likely N-dealkylation sites (N-methyl/N-ethyl adjacent to an activating group) is 1. The van der Waals surface area contributed by atoms with Crippen LogP contribution in [0.1, 0.15) is 86.1 Å². The van der Waals surface area contributed by atoms with Crippen LogP contribution in [-0.4, -0.2) is 213 Å². The number of hydrogen-bond acceptors (Lipinski definition) is 23. The number of hydrogen-bond donors (Lipinski definition) is 20. The van der Waals surface area contributed by atoms with E-state index in [2.05, 4.69) is 94.7 Å². The number of H-pyrrole nitrogens is 1. The van der Waals surface area contributed by atoms with E-state index in [1.807, 2.05) is 0 Å². The van der Waals surface area contributed by atoms with Gasteiger partial charge in [0.15, 0.2) is 48.9 Å². The summed E-state index contributed by atoms with van der Waals surface area (Å²) >= 11 is 0. The van der Waals surface area contributed by atoms with E-state index < -0.39 is 138 Å². The molecule has 1 aromatic heterocycles. The lowest BCUT2D eigenvalue weighted by Crippen LogP contribution is -2.68. The molecule has 0 saturated heterocycles. The number of carbonyl (C=O) groups excluding carboxylic acids is 15. The minimum Gasteiger partial charge on any atom is -0.370 e. The lowest BCUT2D eigenvalue weighted by Gasteiger charge is -2.30. The zero-order chi connectivity index (χ0) is 69.9. The van der Waals surface area contributed by atoms with Gasteiger partial charge in [0.2, 0.25) is 17.7 Å². The van der Waals surface area contributed by atoms with Crippen molar-refractivity contribution >= 4 is 114 Å². The summed E-state index contributed by atoms with van der Waals surface area (Å²) in [5.41, 5.74) is 22.9. The van der Waals surface area contributed by atoms with Crippen LogP contribution < -0.4 is 103 Å². The Hall–Kier alpha value is -9.69. The van der Waals surface area contributed by atoms with E-state index >= 15 is 0 Å². The molecule has 0 aliphatic heterocycles. The van der Waals surface area contributed by atoms with Crippen LogP contribution in [0.2, 0.25) is 0 Å². The van der Waals surface area contributed by atoms with Crippen molar-refractivity contribution in [1.29, 1.82) is 0 Å². The normalized spacial score (nSPS) is 15.6. The fourth-order valence-corrected chi connectivity index (χ4v) is 8.62.